The molecule has 0 radical (unpaired) electrons. The van der Waals surface area contributed by atoms with Crippen molar-refractivity contribution in [2.45, 2.75) is 71.4 Å². The van der Waals surface area contributed by atoms with Crippen molar-refractivity contribution in [1.29, 1.82) is 0 Å². The summed E-state index contributed by atoms with van der Waals surface area (Å²) >= 11 is 0. The molecule has 158 valence electrons. The Morgan fingerprint density at radius 1 is 1.25 bits per heavy atom. The van der Waals surface area contributed by atoms with Crippen LogP contribution in [0.15, 0.2) is 29.3 Å². The Hall–Kier alpha value is -1.31. The Morgan fingerprint density at radius 3 is 2.64 bits per heavy atom. The molecule has 6 heteroatoms. The third kappa shape index (κ3) is 7.97. The lowest BCUT2D eigenvalue weighted by molar-refractivity contribution is -0.126. The molecule has 1 saturated carbocycles. The number of hydrogen-bond donors (Lipinski definition) is 3. The predicted octanol–water partition coefficient (Wildman–Crippen LogP) is 3.96. The van der Waals surface area contributed by atoms with Crippen LogP contribution in [-0.4, -0.2) is 37.5 Å². The van der Waals surface area contributed by atoms with E-state index in [0.717, 1.165) is 38.2 Å². The highest BCUT2D eigenvalue weighted by molar-refractivity contribution is 14.0. The highest BCUT2D eigenvalue weighted by Crippen LogP contribution is 2.24. The zero-order chi connectivity index (χ0) is 19.8. The van der Waals surface area contributed by atoms with Crippen LogP contribution in [0.1, 0.15) is 63.5 Å². The lowest BCUT2D eigenvalue weighted by Crippen LogP contribution is -2.48. The van der Waals surface area contributed by atoms with Crippen molar-refractivity contribution in [2.75, 3.05) is 13.6 Å². The van der Waals surface area contributed by atoms with Crippen LogP contribution in [0.25, 0.3) is 0 Å². The molecule has 1 aromatic carbocycles. The maximum absolute atomic E-state index is 12.3. The van der Waals surface area contributed by atoms with E-state index in [1.54, 1.807) is 7.05 Å². The maximum atomic E-state index is 12.3. The summed E-state index contributed by atoms with van der Waals surface area (Å²) in [7, 11) is 1.80. The Morgan fingerprint density at radius 2 is 2.00 bits per heavy atom. The molecule has 3 atom stereocenters. The fourth-order valence-corrected chi connectivity index (χ4v) is 3.69. The standard InChI is InChI=1S/C22H36N4O.HI/c1-15(2)25-21(27)19-10-7-11-20(13-19)26-22(23-5)24-14-17(4)18-9-6-8-16(3)12-18;/h6,8-9,12,15,17,19-20H,7,10-11,13-14H2,1-5H3,(H,25,27)(H2,23,24,26);1H. The minimum Gasteiger partial charge on any atom is -0.356 e. The monoisotopic (exact) mass is 500 g/mol. The quantitative estimate of drug-likeness (QED) is 0.315. The molecule has 0 saturated heterocycles. The molecule has 0 aromatic heterocycles. The average Bonchev–Trinajstić information content (AvgIpc) is 2.64. The van der Waals surface area contributed by atoms with Crippen molar-refractivity contribution in [2.24, 2.45) is 10.9 Å². The van der Waals surface area contributed by atoms with Gasteiger partial charge >= 0.3 is 0 Å². The molecule has 5 nitrogen and oxygen atoms in total. The number of halogens is 1. The van der Waals surface area contributed by atoms with Crippen molar-refractivity contribution in [3.63, 3.8) is 0 Å². The number of rotatable bonds is 6. The van der Waals surface area contributed by atoms with Crippen LogP contribution in [0.4, 0.5) is 0 Å². The molecule has 1 aromatic rings. The number of carbonyl (C=O) groups is 1. The summed E-state index contributed by atoms with van der Waals surface area (Å²) in [6.07, 6.45) is 4.00. The molecule has 1 amide bonds. The Kier molecular flexibility index (Phi) is 10.9. The number of aryl methyl sites for hydroxylation is 1. The van der Waals surface area contributed by atoms with E-state index in [9.17, 15) is 4.79 Å². The fourth-order valence-electron chi connectivity index (χ4n) is 3.69. The van der Waals surface area contributed by atoms with Gasteiger partial charge in [0.05, 0.1) is 0 Å². The van der Waals surface area contributed by atoms with Gasteiger partial charge in [0.2, 0.25) is 5.91 Å². The topological polar surface area (TPSA) is 65.5 Å². The van der Waals surface area contributed by atoms with Gasteiger partial charge in [-0.1, -0.05) is 43.2 Å². The van der Waals surface area contributed by atoms with Crippen LogP contribution < -0.4 is 16.0 Å². The van der Waals surface area contributed by atoms with E-state index in [1.165, 1.54) is 11.1 Å². The van der Waals surface area contributed by atoms with E-state index >= 15 is 0 Å². The summed E-state index contributed by atoms with van der Waals surface area (Å²) in [5.74, 6) is 1.51. The van der Waals surface area contributed by atoms with Crippen LogP contribution in [0.5, 0.6) is 0 Å². The van der Waals surface area contributed by atoms with Gasteiger partial charge in [-0.3, -0.25) is 9.79 Å². The minimum absolute atomic E-state index is 0. The fraction of sp³-hybridized carbons (Fsp3) is 0.636. The second-order valence-electron chi connectivity index (χ2n) is 8.14. The Balaban J connectivity index is 0.00000392. The molecule has 1 fully saturated rings. The van der Waals surface area contributed by atoms with Crippen molar-refractivity contribution < 1.29 is 4.79 Å². The van der Waals surface area contributed by atoms with Crippen LogP contribution in [0.3, 0.4) is 0 Å². The number of aliphatic imine (C=N–C) groups is 1. The third-order valence-corrected chi connectivity index (χ3v) is 5.23. The SMILES string of the molecule is CN=C(NCC(C)c1cccc(C)c1)NC1CCCC(C(=O)NC(C)C)C1.I. The highest BCUT2D eigenvalue weighted by Gasteiger charge is 2.28. The largest absolute Gasteiger partial charge is 0.356 e. The predicted molar refractivity (Wildman–Crippen MR) is 129 cm³/mol. The van der Waals surface area contributed by atoms with Gasteiger partial charge in [-0.05, 0) is 51.5 Å². The summed E-state index contributed by atoms with van der Waals surface area (Å²) in [5.41, 5.74) is 2.62. The first-order valence-corrected chi connectivity index (χ1v) is 10.2. The van der Waals surface area contributed by atoms with E-state index in [1.807, 2.05) is 13.8 Å². The molecular weight excluding hydrogens is 463 g/mol. The van der Waals surface area contributed by atoms with Crippen LogP contribution in [0, 0.1) is 12.8 Å². The van der Waals surface area contributed by atoms with Gasteiger partial charge in [-0.25, -0.2) is 0 Å². The van der Waals surface area contributed by atoms with E-state index in [-0.39, 0.29) is 41.8 Å². The summed E-state index contributed by atoms with van der Waals surface area (Å²) in [6, 6.07) is 9.14. The Bertz CT molecular complexity index is 647. The first-order valence-electron chi connectivity index (χ1n) is 10.2. The average molecular weight is 500 g/mol. The second-order valence-corrected chi connectivity index (χ2v) is 8.14. The van der Waals surface area contributed by atoms with Crippen LogP contribution >= 0.6 is 24.0 Å². The van der Waals surface area contributed by atoms with E-state index in [0.29, 0.717) is 12.0 Å². The number of nitrogens with one attached hydrogen (secondary N) is 3. The molecule has 1 aliphatic carbocycles. The second kappa shape index (κ2) is 12.3. The van der Waals surface area contributed by atoms with Crippen LogP contribution in [-0.2, 0) is 4.79 Å². The van der Waals surface area contributed by atoms with Gasteiger partial charge in [0, 0.05) is 31.6 Å². The normalized spacial score (nSPS) is 20.9. The zero-order valence-corrected chi connectivity index (χ0v) is 20.2. The molecule has 2 rings (SSSR count). The molecule has 0 spiro atoms. The molecule has 3 N–H and O–H groups in total. The maximum Gasteiger partial charge on any atom is 0.223 e. The van der Waals surface area contributed by atoms with Crippen molar-refractivity contribution in [3.05, 3.63) is 35.4 Å². The van der Waals surface area contributed by atoms with Crippen molar-refractivity contribution in [1.82, 2.24) is 16.0 Å². The summed E-state index contributed by atoms with van der Waals surface area (Å²) < 4.78 is 0. The van der Waals surface area contributed by atoms with Gasteiger partial charge in [0.25, 0.3) is 0 Å². The summed E-state index contributed by atoms with van der Waals surface area (Å²) in [5, 5.41) is 10.0. The first kappa shape index (κ1) is 24.7. The molecule has 28 heavy (non-hydrogen) atoms. The van der Waals surface area contributed by atoms with Gasteiger partial charge in [-0.15, -0.1) is 24.0 Å². The number of nitrogens with zero attached hydrogens (tertiary/aromatic N) is 1. The van der Waals surface area contributed by atoms with Gasteiger partial charge in [-0.2, -0.15) is 0 Å². The third-order valence-electron chi connectivity index (χ3n) is 5.23. The molecule has 3 unspecified atom stereocenters. The molecule has 1 aliphatic rings. The van der Waals surface area contributed by atoms with E-state index in [4.69, 9.17) is 0 Å². The number of amides is 1. The number of carbonyl (C=O) groups excluding carboxylic acids is 1. The zero-order valence-electron chi connectivity index (χ0n) is 17.9. The van der Waals surface area contributed by atoms with E-state index in [2.05, 4.69) is 59.1 Å². The summed E-state index contributed by atoms with van der Waals surface area (Å²) in [6.45, 7) is 9.20. The molecule has 0 bridgehead atoms. The molecule has 0 aliphatic heterocycles. The number of benzene rings is 1. The van der Waals surface area contributed by atoms with Gasteiger partial charge in [0.15, 0.2) is 5.96 Å². The number of hydrogen-bond acceptors (Lipinski definition) is 2. The van der Waals surface area contributed by atoms with Crippen molar-refractivity contribution >= 4 is 35.8 Å². The lowest BCUT2D eigenvalue weighted by atomic mass is 9.85. The first-order chi connectivity index (χ1) is 12.9. The molecule has 0 heterocycles. The molecular formula is C22H37IN4O. The number of guanidine groups is 1. The van der Waals surface area contributed by atoms with Crippen molar-refractivity contribution in [3.8, 4) is 0 Å². The Labute approximate surface area is 187 Å². The van der Waals surface area contributed by atoms with Crippen LogP contribution in [0.2, 0.25) is 0 Å². The van der Waals surface area contributed by atoms with Gasteiger partial charge in [0.1, 0.15) is 0 Å². The summed E-state index contributed by atoms with van der Waals surface area (Å²) in [4.78, 5) is 16.7. The van der Waals surface area contributed by atoms with Gasteiger partial charge < -0.3 is 16.0 Å². The lowest BCUT2D eigenvalue weighted by Gasteiger charge is -2.30. The highest BCUT2D eigenvalue weighted by atomic mass is 127. The van der Waals surface area contributed by atoms with E-state index < -0.39 is 0 Å². The minimum atomic E-state index is 0. The smallest absolute Gasteiger partial charge is 0.223 e.